The lowest BCUT2D eigenvalue weighted by Gasteiger charge is -2.23. The third-order valence-electron chi connectivity index (χ3n) is 3.95. The molecule has 4 nitrogen and oxygen atoms in total. The molecule has 0 spiro atoms. The minimum Gasteiger partial charge on any atom is -0.325 e. The molecule has 1 saturated carbocycles. The van der Waals surface area contributed by atoms with Crippen LogP contribution in [-0.4, -0.2) is 5.91 Å². The van der Waals surface area contributed by atoms with Crippen LogP contribution < -0.4 is 5.32 Å². The summed E-state index contributed by atoms with van der Waals surface area (Å²) in [6.07, 6.45) is 4.86. The van der Waals surface area contributed by atoms with E-state index in [1.807, 2.05) is 0 Å². The number of nitrogens with zero attached hydrogens (tertiary/aromatic N) is 2. The predicted molar refractivity (Wildman–Crippen MR) is 75.5 cm³/mol. The van der Waals surface area contributed by atoms with Gasteiger partial charge in [0, 0.05) is 5.69 Å². The first kappa shape index (κ1) is 15.0. The van der Waals surface area contributed by atoms with Gasteiger partial charge in [0.05, 0.1) is 11.6 Å². The Morgan fingerprint density at radius 2 is 1.86 bits per heavy atom. The van der Waals surface area contributed by atoms with E-state index in [0.717, 1.165) is 31.7 Å². The Bertz CT molecular complexity index is 619. The molecule has 1 amide bonds. The average Bonchev–Trinajstić information content (AvgIpc) is 2.75. The van der Waals surface area contributed by atoms with Crippen molar-refractivity contribution in [1.82, 2.24) is 0 Å². The second-order valence-electron chi connectivity index (χ2n) is 5.37. The first-order valence-corrected chi connectivity index (χ1v) is 7.04. The van der Waals surface area contributed by atoms with Crippen molar-refractivity contribution in [2.75, 3.05) is 5.32 Å². The summed E-state index contributed by atoms with van der Waals surface area (Å²) in [7, 11) is 0. The van der Waals surface area contributed by atoms with Crippen molar-refractivity contribution in [3.05, 3.63) is 29.6 Å². The predicted octanol–water partition coefficient (Wildman–Crippen LogP) is 3.50. The van der Waals surface area contributed by atoms with Crippen LogP contribution in [0.3, 0.4) is 0 Å². The van der Waals surface area contributed by atoms with E-state index in [1.54, 1.807) is 6.07 Å². The third kappa shape index (κ3) is 3.20. The van der Waals surface area contributed by atoms with Gasteiger partial charge in [-0.15, -0.1) is 0 Å². The molecular weight excluding hydrogens is 269 g/mol. The maximum absolute atomic E-state index is 13.3. The van der Waals surface area contributed by atoms with Gasteiger partial charge in [-0.1, -0.05) is 25.7 Å². The summed E-state index contributed by atoms with van der Waals surface area (Å²) in [4.78, 5) is 12.4. The number of hydrogen-bond acceptors (Lipinski definition) is 3. The second kappa shape index (κ2) is 6.37. The topological polar surface area (TPSA) is 76.7 Å². The highest BCUT2D eigenvalue weighted by atomic mass is 19.1. The van der Waals surface area contributed by atoms with Crippen LogP contribution in [0.25, 0.3) is 0 Å². The van der Waals surface area contributed by atoms with Gasteiger partial charge in [-0.3, -0.25) is 4.79 Å². The summed E-state index contributed by atoms with van der Waals surface area (Å²) in [5.74, 6) is -0.984. The minimum atomic E-state index is -1.02. The van der Waals surface area contributed by atoms with Crippen LogP contribution in [-0.2, 0) is 4.79 Å². The molecular formula is C16H16FN3O. The van der Waals surface area contributed by atoms with E-state index in [4.69, 9.17) is 5.26 Å². The molecule has 1 aromatic carbocycles. The maximum atomic E-state index is 13.3. The average molecular weight is 285 g/mol. The number of hydrogen-bond donors (Lipinski definition) is 1. The van der Waals surface area contributed by atoms with Gasteiger partial charge in [0.15, 0.2) is 0 Å². The Labute approximate surface area is 123 Å². The van der Waals surface area contributed by atoms with E-state index in [-0.39, 0.29) is 11.5 Å². The molecule has 21 heavy (non-hydrogen) atoms. The summed E-state index contributed by atoms with van der Waals surface area (Å²) in [6.45, 7) is 0. The molecule has 108 valence electrons. The zero-order chi connectivity index (χ0) is 15.3. The van der Waals surface area contributed by atoms with Crippen molar-refractivity contribution in [2.45, 2.75) is 38.5 Å². The SMILES string of the molecule is N#Cc1cc(NC(=O)C2(C#N)CCCCCC2)ccc1F. The van der Waals surface area contributed by atoms with E-state index in [2.05, 4.69) is 11.4 Å². The summed E-state index contributed by atoms with van der Waals surface area (Å²) >= 11 is 0. The van der Waals surface area contributed by atoms with Crippen LogP contribution in [0.15, 0.2) is 18.2 Å². The van der Waals surface area contributed by atoms with Crippen LogP contribution in [0.5, 0.6) is 0 Å². The monoisotopic (exact) mass is 285 g/mol. The smallest absolute Gasteiger partial charge is 0.244 e. The van der Waals surface area contributed by atoms with E-state index >= 15 is 0 Å². The van der Waals surface area contributed by atoms with E-state index < -0.39 is 11.2 Å². The Morgan fingerprint density at radius 3 is 2.43 bits per heavy atom. The molecule has 1 aromatic rings. The van der Waals surface area contributed by atoms with E-state index in [0.29, 0.717) is 18.5 Å². The first-order chi connectivity index (χ1) is 10.1. The Balaban J connectivity index is 2.20. The van der Waals surface area contributed by atoms with E-state index in [9.17, 15) is 14.4 Å². The van der Waals surface area contributed by atoms with Crippen LogP contribution in [0.2, 0.25) is 0 Å². The fourth-order valence-corrected chi connectivity index (χ4v) is 2.66. The molecule has 1 aliphatic carbocycles. The Kier molecular flexibility index (Phi) is 4.55. The number of rotatable bonds is 2. The number of nitriles is 2. The minimum absolute atomic E-state index is 0.125. The lowest BCUT2D eigenvalue weighted by molar-refractivity contribution is -0.123. The zero-order valence-electron chi connectivity index (χ0n) is 11.7. The molecule has 0 unspecified atom stereocenters. The highest BCUT2D eigenvalue weighted by Crippen LogP contribution is 2.35. The summed E-state index contributed by atoms with van der Waals surface area (Å²) < 4.78 is 13.3. The molecule has 0 aromatic heterocycles. The molecule has 1 aliphatic rings. The molecule has 5 heteroatoms. The third-order valence-corrected chi connectivity index (χ3v) is 3.95. The van der Waals surface area contributed by atoms with Gasteiger partial charge in [-0.2, -0.15) is 10.5 Å². The quantitative estimate of drug-likeness (QED) is 0.845. The molecule has 0 atom stereocenters. The normalized spacial score (nSPS) is 17.1. The van der Waals surface area contributed by atoms with Gasteiger partial charge in [-0.05, 0) is 31.0 Å². The number of anilines is 1. The number of carbonyl (C=O) groups is 1. The number of benzene rings is 1. The van der Waals surface area contributed by atoms with Gasteiger partial charge < -0.3 is 5.32 Å². The lowest BCUT2D eigenvalue weighted by Crippen LogP contribution is -2.34. The fraction of sp³-hybridized carbons (Fsp3) is 0.438. The van der Waals surface area contributed by atoms with Crippen LogP contribution in [0.4, 0.5) is 10.1 Å². The van der Waals surface area contributed by atoms with Gasteiger partial charge in [0.2, 0.25) is 5.91 Å². The molecule has 0 radical (unpaired) electrons. The molecule has 0 heterocycles. The molecule has 2 rings (SSSR count). The largest absolute Gasteiger partial charge is 0.325 e. The molecule has 0 bridgehead atoms. The van der Waals surface area contributed by atoms with Gasteiger partial charge in [-0.25, -0.2) is 4.39 Å². The highest BCUT2D eigenvalue weighted by molar-refractivity contribution is 5.97. The standard InChI is InChI=1S/C16H16FN3O/c17-14-6-5-13(9-12(14)10-18)20-15(21)16(11-19)7-3-1-2-4-8-16/h5-6,9H,1-4,7-8H2,(H,20,21). The lowest BCUT2D eigenvalue weighted by atomic mass is 9.81. The highest BCUT2D eigenvalue weighted by Gasteiger charge is 2.38. The number of carbonyl (C=O) groups excluding carboxylic acids is 1. The van der Waals surface area contributed by atoms with Crippen LogP contribution >= 0.6 is 0 Å². The fourth-order valence-electron chi connectivity index (χ4n) is 2.66. The van der Waals surface area contributed by atoms with Crippen molar-refractivity contribution < 1.29 is 9.18 Å². The van der Waals surface area contributed by atoms with Gasteiger partial charge in [0.25, 0.3) is 0 Å². The van der Waals surface area contributed by atoms with Crippen molar-refractivity contribution >= 4 is 11.6 Å². The number of nitrogens with one attached hydrogen (secondary N) is 1. The summed E-state index contributed by atoms with van der Waals surface area (Å²) in [6, 6.07) is 7.72. The second-order valence-corrected chi connectivity index (χ2v) is 5.37. The molecule has 1 N–H and O–H groups in total. The summed E-state index contributed by atoms with van der Waals surface area (Å²) in [5.41, 5.74) is -0.797. The van der Waals surface area contributed by atoms with Crippen LogP contribution in [0.1, 0.15) is 44.1 Å². The molecule has 0 aliphatic heterocycles. The van der Waals surface area contributed by atoms with Crippen molar-refractivity contribution in [2.24, 2.45) is 5.41 Å². The first-order valence-electron chi connectivity index (χ1n) is 7.04. The maximum Gasteiger partial charge on any atom is 0.244 e. The van der Waals surface area contributed by atoms with Crippen molar-refractivity contribution in [1.29, 1.82) is 10.5 Å². The molecule has 1 fully saturated rings. The number of amides is 1. The Hall–Kier alpha value is -2.40. The van der Waals surface area contributed by atoms with Crippen molar-refractivity contribution in [3.8, 4) is 12.1 Å². The zero-order valence-corrected chi connectivity index (χ0v) is 11.7. The summed E-state index contributed by atoms with van der Waals surface area (Å²) in [5, 5.41) is 20.9. The van der Waals surface area contributed by atoms with Gasteiger partial charge in [0.1, 0.15) is 17.3 Å². The van der Waals surface area contributed by atoms with E-state index in [1.165, 1.54) is 12.1 Å². The molecule has 0 saturated heterocycles. The van der Waals surface area contributed by atoms with Gasteiger partial charge >= 0.3 is 0 Å². The van der Waals surface area contributed by atoms with Crippen LogP contribution in [0, 0.1) is 33.9 Å². The van der Waals surface area contributed by atoms with Crippen molar-refractivity contribution in [3.63, 3.8) is 0 Å². The number of halogens is 1. The Morgan fingerprint density at radius 1 is 1.19 bits per heavy atom.